The Morgan fingerprint density at radius 2 is 1.66 bits per heavy atom. The van der Waals surface area contributed by atoms with Gasteiger partial charge in [-0.25, -0.2) is 10.2 Å². The van der Waals surface area contributed by atoms with E-state index < -0.39 is 5.97 Å². The number of hydrogen-bond acceptors (Lipinski definition) is 5. The number of carbonyl (C=O) groups is 2. The maximum Gasteiger partial charge on any atom is 0.343 e. The fourth-order valence-corrected chi connectivity index (χ4v) is 2.57. The van der Waals surface area contributed by atoms with Gasteiger partial charge in [0, 0.05) is 5.56 Å². The summed E-state index contributed by atoms with van der Waals surface area (Å²) in [6, 6.07) is 20.7. The summed E-state index contributed by atoms with van der Waals surface area (Å²) in [5.41, 5.74) is 5.10. The van der Waals surface area contributed by atoms with Gasteiger partial charge in [-0.2, -0.15) is 5.10 Å². The fourth-order valence-electron chi connectivity index (χ4n) is 2.57. The lowest BCUT2D eigenvalue weighted by molar-refractivity contribution is 0.0734. The molecule has 0 atom stereocenters. The highest BCUT2D eigenvalue weighted by molar-refractivity contribution is 5.95. The molecule has 3 aromatic rings. The van der Waals surface area contributed by atoms with E-state index in [2.05, 4.69) is 10.5 Å². The number of benzene rings is 3. The van der Waals surface area contributed by atoms with Gasteiger partial charge in [0.2, 0.25) is 0 Å². The molecule has 0 fully saturated rings. The van der Waals surface area contributed by atoms with Gasteiger partial charge in [0.1, 0.15) is 11.5 Å². The van der Waals surface area contributed by atoms with Crippen LogP contribution in [0.5, 0.6) is 11.5 Å². The van der Waals surface area contributed by atoms with E-state index >= 15 is 0 Å². The van der Waals surface area contributed by atoms with E-state index in [9.17, 15) is 9.59 Å². The van der Waals surface area contributed by atoms with Gasteiger partial charge in [-0.3, -0.25) is 4.79 Å². The van der Waals surface area contributed by atoms with Crippen molar-refractivity contribution in [3.05, 3.63) is 95.1 Å². The summed E-state index contributed by atoms with van der Waals surface area (Å²) >= 11 is 0. The van der Waals surface area contributed by atoms with E-state index in [1.54, 1.807) is 67.8 Å². The summed E-state index contributed by atoms with van der Waals surface area (Å²) in [6.45, 7) is 1.92. The molecule has 6 heteroatoms. The highest BCUT2D eigenvalue weighted by Gasteiger charge is 2.09. The average Bonchev–Trinajstić information content (AvgIpc) is 2.74. The molecule has 6 nitrogen and oxygen atoms in total. The lowest BCUT2D eigenvalue weighted by Crippen LogP contribution is -2.17. The lowest BCUT2D eigenvalue weighted by atomic mass is 10.1. The Labute approximate surface area is 168 Å². The van der Waals surface area contributed by atoms with Gasteiger partial charge in [-0.05, 0) is 61.0 Å². The van der Waals surface area contributed by atoms with Crippen LogP contribution >= 0.6 is 0 Å². The number of amides is 1. The van der Waals surface area contributed by atoms with Gasteiger partial charge in [0.25, 0.3) is 5.91 Å². The minimum atomic E-state index is -0.477. The number of rotatable bonds is 6. The van der Waals surface area contributed by atoms with Crippen LogP contribution in [-0.2, 0) is 0 Å². The van der Waals surface area contributed by atoms with Crippen LogP contribution in [0.1, 0.15) is 31.8 Å². The van der Waals surface area contributed by atoms with E-state index in [1.165, 1.54) is 6.21 Å². The van der Waals surface area contributed by atoms with Crippen LogP contribution in [0.25, 0.3) is 0 Å². The monoisotopic (exact) mass is 388 g/mol. The molecule has 0 unspecified atom stereocenters. The van der Waals surface area contributed by atoms with Crippen LogP contribution in [-0.4, -0.2) is 25.2 Å². The molecule has 0 spiro atoms. The minimum Gasteiger partial charge on any atom is -0.497 e. The third-order valence-electron chi connectivity index (χ3n) is 4.05. The second kappa shape index (κ2) is 9.32. The molecule has 3 aromatic carbocycles. The molecule has 0 bridgehead atoms. The third kappa shape index (κ3) is 5.52. The van der Waals surface area contributed by atoms with Crippen molar-refractivity contribution in [3.8, 4) is 11.5 Å². The van der Waals surface area contributed by atoms with Gasteiger partial charge in [0.05, 0.1) is 18.9 Å². The Hall–Kier alpha value is -3.93. The predicted molar refractivity (Wildman–Crippen MR) is 111 cm³/mol. The summed E-state index contributed by atoms with van der Waals surface area (Å²) in [4.78, 5) is 24.4. The zero-order valence-electron chi connectivity index (χ0n) is 16.1. The van der Waals surface area contributed by atoms with E-state index in [1.807, 2.05) is 19.1 Å². The molecule has 0 aromatic heterocycles. The zero-order chi connectivity index (χ0) is 20.6. The zero-order valence-corrected chi connectivity index (χ0v) is 16.1. The van der Waals surface area contributed by atoms with Crippen LogP contribution in [0.3, 0.4) is 0 Å². The number of esters is 1. The molecule has 0 saturated heterocycles. The van der Waals surface area contributed by atoms with Crippen molar-refractivity contribution in [1.82, 2.24) is 5.43 Å². The number of hydrogen-bond donors (Lipinski definition) is 1. The Balaban J connectivity index is 1.62. The molecular weight excluding hydrogens is 368 g/mol. The van der Waals surface area contributed by atoms with Gasteiger partial charge >= 0.3 is 5.97 Å². The van der Waals surface area contributed by atoms with Crippen molar-refractivity contribution in [3.63, 3.8) is 0 Å². The Morgan fingerprint density at radius 3 is 2.38 bits per heavy atom. The molecule has 3 rings (SSSR count). The van der Waals surface area contributed by atoms with Gasteiger partial charge in [-0.1, -0.05) is 29.8 Å². The van der Waals surface area contributed by atoms with Crippen LogP contribution in [0.15, 0.2) is 77.9 Å². The van der Waals surface area contributed by atoms with Gasteiger partial charge in [-0.15, -0.1) is 0 Å². The molecule has 0 radical (unpaired) electrons. The van der Waals surface area contributed by atoms with Gasteiger partial charge < -0.3 is 9.47 Å². The summed E-state index contributed by atoms with van der Waals surface area (Å²) in [5, 5.41) is 3.97. The summed E-state index contributed by atoms with van der Waals surface area (Å²) in [7, 11) is 1.56. The van der Waals surface area contributed by atoms with Crippen molar-refractivity contribution in [2.75, 3.05) is 7.11 Å². The van der Waals surface area contributed by atoms with Crippen molar-refractivity contribution in [1.29, 1.82) is 0 Å². The number of carbonyl (C=O) groups excluding carboxylic acids is 2. The number of ether oxygens (including phenoxy) is 2. The first-order valence-electron chi connectivity index (χ1n) is 8.91. The second-order valence-electron chi connectivity index (χ2n) is 6.26. The maximum absolute atomic E-state index is 12.3. The smallest absolute Gasteiger partial charge is 0.343 e. The van der Waals surface area contributed by atoms with Crippen molar-refractivity contribution >= 4 is 18.1 Å². The minimum absolute atomic E-state index is 0.299. The molecule has 146 valence electrons. The lowest BCUT2D eigenvalue weighted by Gasteiger charge is -2.06. The number of hydrazone groups is 1. The number of nitrogens with zero attached hydrogens (tertiary/aromatic N) is 1. The van der Waals surface area contributed by atoms with Gasteiger partial charge in [0.15, 0.2) is 0 Å². The third-order valence-corrected chi connectivity index (χ3v) is 4.05. The first-order chi connectivity index (χ1) is 14.0. The number of methoxy groups -OCH3 is 1. The molecule has 1 N–H and O–H groups in total. The average molecular weight is 388 g/mol. The van der Waals surface area contributed by atoms with Crippen molar-refractivity contribution < 1.29 is 19.1 Å². The highest BCUT2D eigenvalue weighted by Crippen LogP contribution is 2.16. The van der Waals surface area contributed by atoms with Crippen LogP contribution < -0.4 is 14.9 Å². The van der Waals surface area contributed by atoms with E-state index in [0.29, 0.717) is 28.2 Å². The van der Waals surface area contributed by atoms with Crippen molar-refractivity contribution in [2.24, 2.45) is 5.10 Å². The maximum atomic E-state index is 12.3. The van der Waals surface area contributed by atoms with E-state index in [4.69, 9.17) is 9.47 Å². The van der Waals surface area contributed by atoms with Crippen LogP contribution in [0.4, 0.5) is 0 Å². The molecule has 0 saturated carbocycles. The Kier molecular flexibility index (Phi) is 6.37. The summed E-state index contributed by atoms with van der Waals surface area (Å²) in [5.74, 6) is 0.258. The molecule has 0 aliphatic heterocycles. The molecule has 0 heterocycles. The summed E-state index contributed by atoms with van der Waals surface area (Å²) < 4.78 is 10.5. The Morgan fingerprint density at radius 1 is 0.897 bits per heavy atom. The summed E-state index contributed by atoms with van der Waals surface area (Å²) in [6.07, 6.45) is 1.48. The van der Waals surface area contributed by atoms with E-state index in [0.717, 1.165) is 5.56 Å². The molecule has 0 aliphatic rings. The standard InChI is InChI=1S/C23H20N2O4/c1-16-5-3-7-19(13-16)22(26)25-24-15-17-6-4-8-21(14-17)29-23(27)18-9-11-20(28-2)12-10-18/h3-15H,1-2H3,(H,25,26). The number of nitrogens with one attached hydrogen (secondary N) is 1. The predicted octanol–water partition coefficient (Wildman–Crippen LogP) is 3.99. The SMILES string of the molecule is COc1ccc(C(=O)Oc2cccc(C=NNC(=O)c3cccc(C)c3)c2)cc1. The van der Waals surface area contributed by atoms with Crippen LogP contribution in [0, 0.1) is 6.92 Å². The normalized spacial score (nSPS) is 10.6. The van der Waals surface area contributed by atoms with Crippen molar-refractivity contribution in [2.45, 2.75) is 6.92 Å². The second-order valence-corrected chi connectivity index (χ2v) is 6.26. The number of aryl methyl sites for hydroxylation is 1. The quantitative estimate of drug-likeness (QED) is 0.300. The molecule has 1 amide bonds. The highest BCUT2D eigenvalue weighted by atomic mass is 16.5. The van der Waals surface area contributed by atoms with E-state index in [-0.39, 0.29) is 5.91 Å². The molecule has 29 heavy (non-hydrogen) atoms. The first kappa shape index (κ1) is 19.8. The first-order valence-corrected chi connectivity index (χ1v) is 8.91. The fraction of sp³-hybridized carbons (Fsp3) is 0.0870. The topological polar surface area (TPSA) is 77.0 Å². The largest absolute Gasteiger partial charge is 0.497 e. The molecule has 0 aliphatic carbocycles. The molecular formula is C23H20N2O4. The van der Waals surface area contributed by atoms with Crippen LogP contribution in [0.2, 0.25) is 0 Å². The Bertz CT molecular complexity index is 1040.